The van der Waals surface area contributed by atoms with Crippen molar-refractivity contribution in [2.24, 2.45) is 11.8 Å². The lowest BCUT2D eigenvalue weighted by molar-refractivity contribution is -0.0997. The van der Waals surface area contributed by atoms with Gasteiger partial charge < -0.3 is 10.0 Å². The molecule has 2 aromatic rings. The highest BCUT2D eigenvalue weighted by molar-refractivity contribution is 5.21. The van der Waals surface area contributed by atoms with Crippen LogP contribution in [0.25, 0.3) is 0 Å². The summed E-state index contributed by atoms with van der Waals surface area (Å²) in [6.07, 6.45) is 5.17. The maximum Gasteiger partial charge on any atom is 0.0759 e. The molecule has 1 N–H and O–H groups in total. The highest BCUT2D eigenvalue weighted by atomic mass is 16.3. The Labute approximate surface area is 152 Å². The van der Waals surface area contributed by atoms with Gasteiger partial charge in [-0.3, -0.25) is 0 Å². The number of hydrogen-bond acceptors (Lipinski definition) is 2. The molecule has 0 bridgehead atoms. The number of nitrogens with zero attached hydrogens (tertiary/aromatic N) is 1. The van der Waals surface area contributed by atoms with Crippen LogP contribution in [-0.4, -0.2) is 36.2 Å². The van der Waals surface area contributed by atoms with E-state index in [0.29, 0.717) is 11.8 Å². The third-order valence-corrected chi connectivity index (χ3v) is 5.76. The van der Waals surface area contributed by atoms with Gasteiger partial charge in [0.25, 0.3) is 0 Å². The van der Waals surface area contributed by atoms with E-state index in [2.05, 4.69) is 73.6 Å². The quantitative estimate of drug-likeness (QED) is 0.855. The van der Waals surface area contributed by atoms with Crippen LogP contribution < -0.4 is 0 Å². The van der Waals surface area contributed by atoms with E-state index in [1.807, 2.05) is 6.07 Å². The van der Waals surface area contributed by atoms with Gasteiger partial charge in [0.2, 0.25) is 0 Å². The van der Waals surface area contributed by atoms with E-state index in [4.69, 9.17) is 0 Å². The maximum atomic E-state index is 11.9. The van der Waals surface area contributed by atoms with Gasteiger partial charge in [-0.1, -0.05) is 67.1 Å². The summed E-state index contributed by atoms with van der Waals surface area (Å²) in [5.74, 6) is 0.638. The lowest BCUT2D eigenvalue weighted by Gasteiger charge is -2.47. The SMILES string of the molecule is CN(C)CC1CCCC(Cc2ccccc2)C1(O)Cc1ccccc1. The largest absolute Gasteiger partial charge is 0.389 e. The molecule has 3 rings (SSSR count). The minimum atomic E-state index is -0.639. The molecule has 2 heteroatoms. The molecule has 134 valence electrons. The van der Waals surface area contributed by atoms with E-state index in [9.17, 15) is 5.11 Å². The molecular formula is C23H31NO. The molecule has 25 heavy (non-hydrogen) atoms. The Morgan fingerprint density at radius 2 is 1.44 bits per heavy atom. The second-order valence-corrected chi connectivity index (χ2v) is 7.93. The molecule has 0 spiro atoms. The molecule has 1 saturated carbocycles. The fraction of sp³-hybridized carbons (Fsp3) is 0.478. The summed E-state index contributed by atoms with van der Waals surface area (Å²) in [5, 5.41) is 11.9. The van der Waals surface area contributed by atoms with Crippen LogP contribution >= 0.6 is 0 Å². The van der Waals surface area contributed by atoms with E-state index in [-0.39, 0.29) is 0 Å². The van der Waals surface area contributed by atoms with Gasteiger partial charge in [-0.2, -0.15) is 0 Å². The third kappa shape index (κ3) is 4.50. The molecule has 0 aliphatic heterocycles. The third-order valence-electron chi connectivity index (χ3n) is 5.76. The van der Waals surface area contributed by atoms with E-state index in [0.717, 1.165) is 32.2 Å². The predicted octanol–water partition coefficient (Wildman–Crippen LogP) is 4.18. The maximum absolute atomic E-state index is 11.9. The van der Waals surface area contributed by atoms with Crippen LogP contribution in [0.3, 0.4) is 0 Å². The van der Waals surface area contributed by atoms with Crippen LogP contribution in [0.5, 0.6) is 0 Å². The minimum absolute atomic E-state index is 0.314. The zero-order chi connectivity index (χ0) is 17.7. The summed E-state index contributed by atoms with van der Waals surface area (Å²) in [7, 11) is 4.23. The highest BCUT2D eigenvalue weighted by Crippen LogP contribution is 2.42. The van der Waals surface area contributed by atoms with Crippen LogP contribution in [0.1, 0.15) is 30.4 Å². The molecule has 1 aliphatic carbocycles. The highest BCUT2D eigenvalue weighted by Gasteiger charge is 2.45. The second kappa shape index (κ2) is 8.16. The van der Waals surface area contributed by atoms with Gasteiger partial charge in [0.1, 0.15) is 0 Å². The Morgan fingerprint density at radius 1 is 0.880 bits per heavy atom. The normalized spacial score (nSPS) is 26.7. The summed E-state index contributed by atoms with van der Waals surface area (Å²) in [5.41, 5.74) is 1.94. The van der Waals surface area contributed by atoms with Gasteiger partial charge in [-0.25, -0.2) is 0 Å². The minimum Gasteiger partial charge on any atom is -0.389 e. The van der Waals surface area contributed by atoms with Crippen molar-refractivity contribution >= 4 is 0 Å². The Morgan fingerprint density at radius 3 is 2.04 bits per heavy atom. The number of rotatable bonds is 6. The molecule has 2 aromatic carbocycles. The van der Waals surface area contributed by atoms with Crippen molar-refractivity contribution in [3.8, 4) is 0 Å². The van der Waals surface area contributed by atoms with Crippen LogP contribution in [0.15, 0.2) is 60.7 Å². The Balaban J connectivity index is 1.87. The van der Waals surface area contributed by atoms with Crippen LogP contribution in [0.2, 0.25) is 0 Å². The van der Waals surface area contributed by atoms with Crippen molar-refractivity contribution in [2.75, 3.05) is 20.6 Å². The van der Waals surface area contributed by atoms with E-state index in [1.165, 1.54) is 17.5 Å². The average molecular weight is 338 g/mol. The molecular weight excluding hydrogens is 306 g/mol. The van der Waals surface area contributed by atoms with Crippen LogP contribution in [0.4, 0.5) is 0 Å². The number of aliphatic hydroxyl groups is 1. The summed E-state index contributed by atoms with van der Waals surface area (Å²) in [6.45, 7) is 0.953. The topological polar surface area (TPSA) is 23.5 Å². The number of hydrogen-bond donors (Lipinski definition) is 1. The van der Waals surface area contributed by atoms with E-state index in [1.54, 1.807) is 0 Å². The summed E-state index contributed by atoms with van der Waals surface area (Å²) >= 11 is 0. The summed E-state index contributed by atoms with van der Waals surface area (Å²) in [6, 6.07) is 21.2. The van der Waals surface area contributed by atoms with Crippen molar-refractivity contribution < 1.29 is 5.11 Å². The average Bonchev–Trinajstić information content (AvgIpc) is 2.60. The van der Waals surface area contributed by atoms with E-state index < -0.39 is 5.60 Å². The first-order chi connectivity index (χ1) is 12.1. The van der Waals surface area contributed by atoms with Crippen LogP contribution in [0, 0.1) is 11.8 Å². The summed E-state index contributed by atoms with van der Waals surface area (Å²) < 4.78 is 0. The van der Waals surface area contributed by atoms with Crippen molar-refractivity contribution in [3.05, 3.63) is 71.8 Å². The monoisotopic (exact) mass is 337 g/mol. The standard InChI is InChI=1S/C23H31NO/c1-24(2)18-22-15-9-14-21(16-19-10-5-3-6-11-19)23(22,25)17-20-12-7-4-8-13-20/h3-8,10-13,21-22,25H,9,14-18H2,1-2H3. The van der Waals surface area contributed by atoms with Gasteiger partial charge in [0.15, 0.2) is 0 Å². The first kappa shape index (κ1) is 18.2. The molecule has 1 fully saturated rings. The zero-order valence-electron chi connectivity index (χ0n) is 15.6. The first-order valence-electron chi connectivity index (χ1n) is 9.53. The Bertz CT molecular complexity index is 640. The molecule has 0 heterocycles. The van der Waals surface area contributed by atoms with Crippen molar-refractivity contribution in [1.82, 2.24) is 4.90 Å². The smallest absolute Gasteiger partial charge is 0.0759 e. The van der Waals surface area contributed by atoms with E-state index >= 15 is 0 Å². The van der Waals surface area contributed by atoms with Crippen molar-refractivity contribution in [3.63, 3.8) is 0 Å². The van der Waals surface area contributed by atoms with Crippen molar-refractivity contribution in [1.29, 1.82) is 0 Å². The van der Waals surface area contributed by atoms with Gasteiger partial charge >= 0.3 is 0 Å². The second-order valence-electron chi connectivity index (χ2n) is 7.93. The molecule has 0 aromatic heterocycles. The predicted molar refractivity (Wildman–Crippen MR) is 105 cm³/mol. The van der Waals surface area contributed by atoms with Gasteiger partial charge in [0, 0.05) is 18.9 Å². The molecule has 1 aliphatic rings. The lowest BCUT2D eigenvalue weighted by atomic mass is 9.64. The fourth-order valence-corrected chi connectivity index (χ4v) is 4.52. The van der Waals surface area contributed by atoms with Gasteiger partial charge in [-0.05, 0) is 50.4 Å². The fourth-order valence-electron chi connectivity index (χ4n) is 4.52. The van der Waals surface area contributed by atoms with Gasteiger partial charge in [-0.15, -0.1) is 0 Å². The Kier molecular flexibility index (Phi) is 5.93. The van der Waals surface area contributed by atoms with Crippen LogP contribution in [-0.2, 0) is 12.8 Å². The molecule has 3 unspecified atom stereocenters. The lowest BCUT2D eigenvalue weighted by Crippen LogP contribution is -2.53. The molecule has 0 radical (unpaired) electrons. The number of benzene rings is 2. The molecule has 0 amide bonds. The molecule has 2 nitrogen and oxygen atoms in total. The zero-order valence-corrected chi connectivity index (χ0v) is 15.6. The molecule has 0 saturated heterocycles. The van der Waals surface area contributed by atoms with Crippen molar-refractivity contribution in [2.45, 2.75) is 37.7 Å². The van der Waals surface area contributed by atoms with Gasteiger partial charge in [0.05, 0.1) is 5.60 Å². The first-order valence-corrected chi connectivity index (χ1v) is 9.53. The molecule has 3 atom stereocenters. The summed E-state index contributed by atoms with van der Waals surface area (Å²) in [4.78, 5) is 2.23. The Hall–Kier alpha value is -1.64.